The van der Waals surface area contributed by atoms with Crippen molar-refractivity contribution < 1.29 is 9.53 Å². The summed E-state index contributed by atoms with van der Waals surface area (Å²) in [6, 6.07) is 11.6. The Balaban J connectivity index is 1.51. The molecule has 2 N–H and O–H groups in total. The molecule has 0 aliphatic rings. The minimum atomic E-state index is -0.388. The molecule has 3 aromatic rings. The highest BCUT2D eigenvalue weighted by molar-refractivity contribution is 7.13. The van der Waals surface area contributed by atoms with Gasteiger partial charge in [-0.15, -0.1) is 0 Å². The quantitative estimate of drug-likeness (QED) is 0.535. The first-order valence-corrected chi connectivity index (χ1v) is 7.92. The van der Waals surface area contributed by atoms with E-state index in [9.17, 15) is 4.79 Å². The minimum Gasteiger partial charge on any atom is -0.465 e. The van der Waals surface area contributed by atoms with E-state index in [1.54, 1.807) is 12.1 Å². The van der Waals surface area contributed by atoms with E-state index in [2.05, 4.69) is 36.9 Å². The molecule has 2 heterocycles. The van der Waals surface area contributed by atoms with Crippen molar-refractivity contribution in [1.82, 2.24) is 9.36 Å². The van der Waals surface area contributed by atoms with Crippen LogP contribution in [0.2, 0.25) is 0 Å². The Morgan fingerprint density at radius 1 is 1.17 bits per heavy atom. The Morgan fingerprint density at radius 2 is 2.00 bits per heavy atom. The largest absolute Gasteiger partial charge is 0.465 e. The summed E-state index contributed by atoms with van der Waals surface area (Å²) in [6.45, 7) is 1.41. The molecule has 0 bridgehead atoms. The number of nitrogens with one attached hydrogen (secondary N) is 2. The lowest BCUT2D eigenvalue weighted by atomic mass is 10.2. The van der Waals surface area contributed by atoms with Crippen molar-refractivity contribution in [2.45, 2.75) is 0 Å². The van der Waals surface area contributed by atoms with E-state index in [4.69, 9.17) is 0 Å². The number of esters is 1. The summed E-state index contributed by atoms with van der Waals surface area (Å²) in [7, 11) is 1.35. The standard InChI is InChI=1S/C16H16N4O2S/c1-22-16(21)11-6-7-14(19-10-11)17-8-9-18-15-12-4-2-3-5-13(12)23-20-15/h2-7,10H,8-9H2,1H3,(H,17,19)(H,18,20). The van der Waals surface area contributed by atoms with Crippen molar-refractivity contribution in [3.05, 3.63) is 48.2 Å². The highest BCUT2D eigenvalue weighted by Crippen LogP contribution is 2.25. The van der Waals surface area contributed by atoms with Crippen LogP contribution < -0.4 is 10.6 Å². The SMILES string of the molecule is COC(=O)c1ccc(NCCNc2nsc3ccccc23)nc1. The lowest BCUT2D eigenvalue weighted by Gasteiger charge is -2.07. The number of nitrogens with zero attached hydrogens (tertiary/aromatic N) is 2. The number of methoxy groups -OCH3 is 1. The van der Waals surface area contributed by atoms with Crippen molar-refractivity contribution in [1.29, 1.82) is 0 Å². The fourth-order valence-electron chi connectivity index (χ4n) is 2.12. The van der Waals surface area contributed by atoms with E-state index >= 15 is 0 Å². The maximum absolute atomic E-state index is 11.3. The van der Waals surface area contributed by atoms with Crippen LogP contribution in [0.5, 0.6) is 0 Å². The minimum absolute atomic E-state index is 0.388. The van der Waals surface area contributed by atoms with Gasteiger partial charge in [-0.2, -0.15) is 4.37 Å². The molecule has 0 saturated heterocycles. The van der Waals surface area contributed by atoms with Gasteiger partial charge in [0, 0.05) is 24.7 Å². The lowest BCUT2D eigenvalue weighted by molar-refractivity contribution is 0.0600. The third kappa shape index (κ3) is 3.57. The van der Waals surface area contributed by atoms with Gasteiger partial charge in [0.05, 0.1) is 17.4 Å². The number of fused-ring (bicyclic) bond motifs is 1. The number of carbonyl (C=O) groups excluding carboxylic acids is 1. The Morgan fingerprint density at radius 3 is 2.78 bits per heavy atom. The van der Waals surface area contributed by atoms with Crippen molar-refractivity contribution in [2.24, 2.45) is 0 Å². The smallest absolute Gasteiger partial charge is 0.339 e. The number of hydrogen-bond acceptors (Lipinski definition) is 7. The number of carbonyl (C=O) groups is 1. The van der Waals surface area contributed by atoms with Crippen LogP contribution in [0, 0.1) is 0 Å². The molecule has 118 valence electrons. The van der Waals surface area contributed by atoms with E-state index in [0.29, 0.717) is 24.5 Å². The molecule has 0 atom stereocenters. The monoisotopic (exact) mass is 328 g/mol. The van der Waals surface area contributed by atoms with Gasteiger partial charge in [0.25, 0.3) is 0 Å². The summed E-state index contributed by atoms with van der Waals surface area (Å²) in [4.78, 5) is 15.5. The average Bonchev–Trinajstić information content (AvgIpc) is 3.02. The molecule has 0 fully saturated rings. The van der Waals surface area contributed by atoms with Crippen LogP contribution in [-0.4, -0.2) is 35.5 Å². The molecule has 0 radical (unpaired) electrons. The molecule has 1 aromatic carbocycles. The van der Waals surface area contributed by atoms with Gasteiger partial charge in [-0.1, -0.05) is 12.1 Å². The summed E-state index contributed by atoms with van der Waals surface area (Å²) < 4.78 is 10.2. The number of ether oxygens (including phenoxy) is 1. The van der Waals surface area contributed by atoms with Crippen molar-refractivity contribution >= 4 is 39.2 Å². The number of anilines is 2. The van der Waals surface area contributed by atoms with Crippen molar-refractivity contribution in [2.75, 3.05) is 30.8 Å². The third-order valence-corrected chi connectivity index (χ3v) is 4.11. The first kappa shape index (κ1) is 15.2. The van der Waals surface area contributed by atoms with Gasteiger partial charge in [0.2, 0.25) is 0 Å². The van der Waals surface area contributed by atoms with Crippen LogP contribution >= 0.6 is 11.5 Å². The number of aromatic nitrogens is 2. The third-order valence-electron chi connectivity index (χ3n) is 3.29. The van der Waals surface area contributed by atoms with Gasteiger partial charge in [0.1, 0.15) is 11.6 Å². The summed E-state index contributed by atoms with van der Waals surface area (Å²) >= 11 is 1.49. The van der Waals surface area contributed by atoms with Gasteiger partial charge in [-0.25, -0.2) is 9.78 Å². The number of benzene rings is 1. The molecular weight excluding hydrogens is 312 g/mol. The fraction of sp³-hybridized carbons (Fsp3) is 0.188. The maximum Gasteiger partial charge on any atom is 0.339 e. The molecule has 7 heteroatoms. The van der Waals surface area contributed by atoms with Crippen LogP contribution in [0.4, 0.5) is 11.6 Å². The fourth-order valence-corrected chi connectivity index (χ4v) is 2.88. The Bertz CT molecular complexity index is 801. The summed E-state index contributed by atoms with van der Waals surface area (Å²) in [5.41, 5.74) is 0.435. The molecule has 0 amide bonds. The van der Waals surface area contributed by atoms with E-state index in [0.717, 1.165) is 11.2 Å². The second-order valence-electron chi connectivity index (χ2n) is 4.80. The normalized spacial score (nSPS) is 10.5. The molecule has 0 aliphatic heterocycles. The zero-order chi connectivity index (χ0) is 16.1. The number of pyridine rings is 1. The number of hydrogen-bond donors (Lipinski definition) is 2. The molecular formula is C16H16N4O2S. The van der Waals surface area contributed by atoms with Crippen LogP contribution in [0.3, 0.4) is 0 Å². The predicted molar refractivity (Wildman–Crippen MR) is 92.2 cm³/mol. The van der Waals surface area contributed by atoms with Crippen molar-refractivity contribution in [3.8, 4) is 0 Å². The van der Waals surface area contributed by atoms with Gasteiger partial charge in [0.15, 0.2) is 0 Å². The van der Waals surface area contributed by atoms with E-state index < -0.39 is 0 Å². The van der Waals surface area contributed by atoms with E-state index in [1.165, 1.54) is 29.5 Å². The van der Waals surface area contributed by atoms with Crippen LogP contribution in [-0.2, 0) is 4.74 Å². The van der Waals surface area contributed by atoms with Gasteiger partial charge in [-0.3, -0.25) is 0 Å². The van der Waals surface area contributed by atoms with Crippen LogP contribution in [0.25, 0.3) is 10.1 Å². The molecule has 0 aliphatic carbocycles. The maximum atomic E-state index is 11.3. The summed E-state index contributed by atoms with van der Waals surface area (Å²) in [5, 5.41) is 7.64. The Kier molecular flexibility index (Phi) is 4.68. The van der Waals surface area contributed by atoms with Crippen molar-refractivity contribution in [3.63, 3.8) is 0 Å². The second kappa shape index (κ2) is 7.06. The molecule has 6 nitrogen and oxygen atoms in total. The second-order valence-corrected chi connectivity index (χ2v) is 5.61. The highest BCUT2D eigenvalue weighted by atomic mass is 32.1. The first-order valence-electron chi connectivity index (χ1n) is 7.14. The summed E-state index contributed by atoms with van der Waals surface area (Å²) in [5.74, 6) is 1.23. The first-order chi connectivity index (χ1) is 11.3. The van der Waals surface area contributed by atoms with Crippen LogP contribution in [0.15, 0.2) is 42.6 Å². The highest BCUT2D eigenvalue weighted by Gasteiger charge is 2.06. The summed E-state index contributed by atoms with van der Waals surface area (Å²) in [6.07, 6.45) is 1.50. The van der Waals surface area contributed by atoms with Crippen LogP contribution in [0.1, 0.15) is 10.4 Å². The zero-order valence-corrected chi connectivity index (χ0v) is 13.4. The molecule has 23 heavy (non-hydrogen) atoms. The average molecular weight is 328 g/mol. The zero-order valence-electron chi connectivity index (χ0n) is 12.6. The molecule has 2 aromatic heterocycles. The lowest BCUT2D eigenvalue weighted by Crippen LogP contribution is -2.14. The van der Waals surface area contributed by atoms with E-state index in [1.807, 2.05) is 12.1 Å². The predicted octanol–water partition coefficient (Wildman–Crippen LogP) is 3.00. The molecule has 3 rings (SSSR count). The Labute approximate surface area is 137 Å². The molecule has 0 unspecified atom stereocenters. The van der Waals surface area contributed by atoms with Gasteiger partial charge >= 0.3 is 5.97 Å². The van der Waals surface area contributed by atoms with Gasteiger partial charge < -0.3 is 15.4 Å². The van der Waals surface area contributed by atoms with E-state index in [-0.39, 0.29) is 5.97 Å². The number of rotatable bonds is 6. The van der Waals surface area contributed by atoms with Gasteiger partial charge in [-0.05, 0) is 35.8 Å². The molecule has 0 saturated carbocycles. The molecule has 0 spiro atoms. The topological polar surface area (TPSA) is 76.1 Å². The Hall–Kier alpha value is -2.67.